The number of hydrogen-bond acceptors (Lipinski definition) is 5. The molecule has 1 rings (SSSR count). The molecule has 0 aliphatic heterocycles. The van der Waals surface area contributed by atoms with Crippen LogP contribution in [0.1, 0.15) is 12.5 Å². The van der Waals surface area contributed by atoms with Crippen LogP contribution in [0, 0.1) is 22.7 Å². The van der Waals surface area contributed by atoms with E-state index in [0.29, 0.717) is 5.56 Å². The van der Waals surface area contributed by atoms with Crippen LogP contribution in [0.15, 0.2) is 29.8 Å². The van der Waals surface area contributed by atoms with E-state index in [1.807, 2.05) is 31.1 Å². The summed E-state index contributed by atoms with van der Waals surface area (Å²) in [7, 11) is 3.85. The number of carbonyl (C=O) groups is 1. The third-order valence-corrected chi connectivity index (χ3v) is 2.53. The van der Waals surface area contributed by atoms with Gasteiger partial charge in [0, 0.05) is 19.8 Å². The maximum absolute atomic E-state index is 11.7. The molecule has 0 aromatic heterocycles. The van der Waals surface area contributed by atoms with E-state index in [2.05, 4.69) is 0 Å². The van der Waals surface area contributed by atoms with Crippen LogP contribution in [0.3, 0.4) is 0 Å². The van der Waals surface area contributed by atoms with Crippen molar-refractivity contribution >= 4 is 17.7 Å². The molecule has 1 atom stereocenters. The Bertz CT molecular complexity index is 589. The van der Waals surface area contributed by atoms with Crippen LogP contribution in [-0.2, 0) is 9.53 Å². The summed E-state index contributed by atoms with van der Waals surface area (Å²) in [6.07, 6.45) is 0.557. The fraction of sp³-hybridized carbons (Fsp3) is 0.267. The summed E-state index contributed by atoms with van der Waals surface area (Å²) in [5, 5.41) is 17.6. The molecule has 0 bridgehead atoms. The van der Waals surface area contributed by atoms with E-state index in [1.54, 1.807) is 24.3 Å². The zero-order valence-corrected chi connectivity index (χ0v) is 11.6. The van der Waals surface area contributed by atoms with Crippen LogP contribution >= 0.6 is 0 Å². The number of esters is 1. The minimum atomic E-state index is -0.879. The van der Waals surface area contributed by atoms with Crippen LogP contribution in [0.5, 0.6) is 0 Å². The van der Waals surface area contributed by atoms with Crippen molar-refractivity contribution in [2.24, 2.45) is 0 Å². The quantitative estimate of drug-likeness (QED) is 0.475. The molecule has 5 nitrogen and oxygen atoms in total. The Morgan fingerprint density at radius 1 is 1.30 bits per heavy atom. The lowest BCUT2D eigenvalue weighted by Crippen LogP contribution is -2.14. The highest BCUT2D eigenvalue weighted by Crippen LogP contribution is 2.15. The van der Waals surface area contributed by atoms with Crippen molar-refractivity contribution in [1.29, 1.82) is 10.5 Å². The van der Waals surface area contributed by atoms with Crippen LogP contribution in [0.2, 0.25) is 0 Å². The summed E-state index contributed by atoms with van der Waals surface area (Å²) >= 11 is 0. The van der Waals surface area contributed by atoms with Crippen LogP contribution in [0.25, 0.3) is 6.08 Å². The number of anilines is 1. The van der Waals surface area contributed by atoms with Gasteiger partial charge in [0.05, 0.1) is 0 Å². The lowest BCUT2D eigenvalue weighted by atomic mass is 10.1. The molecule has 0 N–H and O–H groups in total. The SMILES string of the molecule is C[C@@H](C#N)OC(=O)/C(C#N)=C/c1ccc(N(C)C)cc1. The monoisotopic (exact) mass is 269 g/mol. The lowest BCUT2D eigenvalue weighted by molar-refractivity contribution is -0.140. The summed E-state index contributed by atoms with van der Waals surface area (Å²) in [5.41, 5.74) is 1.60. The first kappa shape index (κ1) is 15.3. The second-order valence-electron chi connectivity index (χ2n) is 4.33. The van der Waals surface area contributed by atoms with Gasteiger partial charge in [0.2, 0.25) is 0 Å². The number of nitrogens with zero attached hydrogens (tertiary/aromatic N) is 3. The van der Waals surface area contributed by atoms with Gasteiger partial charge in [-0.05, 0) is 30.7 Å². The lowest BCUT2D eigenvalue weighted by Gasteiger charge is -2.11. The number of nitriles is 2. The molecule has 0 unspecified atom stereocenters. The summed E-state index contributed by atoms with van der Waals surface area (Å²) in [6, 6.07) is 10.9. The Kier molecular flexibility index (Phi) is 5.31. The van der Waals surface area contributed by atoms with Crippen LogP contribution in [-0.4, -0.2) is 26.2 Å². The van der Waals surface area contributed by atoms with Crippen molar-refractivity contribution in [3.05, 3.63) is 35.4 Å². The average molecular weight is 269 g/mol. The van der Waals surface area contributed by atoms with E-state index in [1.165, 1.54) is 13.0 Å². The Labute approximate surface area is 118 Å². The molecule has 20 heavy (non-hydrogen) atoms. The van der Waals surface area contributed by atoms with Crippen molar-refractivity contribution in [2.45, 2.75) is 13.0 Å². The van der Waals surface area contributed by atoms with Gasteiger partial charge in [-0.2, -0.15) is 10.5 Å². The van der Waals surface area contributed by atoms with Gasteiger partial charge in [-0.15, -0.1) is 0 Å². The molecule has 0 aliphatic rings. The number of ether oxygens (including phenoxy) is 1. The molecular formula is C15H15N3O2. The van der Waals surface area contributed by atoms with Gasteiger partial charge in [-0.3, -0.25) is 0 Å². The molecule has 0 aliphatic carbocycles. The molecule has 0 heterocycles. The van der Waals surface area contributed by atoms with Gasteiger partial charge in [-0.1, -0.05) is 12.1 Å². The molecule has 102 valence electrons. The van der Waals surface area contributed by atoms with E-state index in [4.69, 9.17) is 15.3 Å². The maximum Gasteiger partial charge on any atom is 0.350 e. The van der Waals surface area contributed by atoms with Gasteiger partial charge < -0.3 is 9.64 Å². The van der Waals surface area contributed by atoms with Gasteiger partial charge in [0.15, 0.2) is 6.10 Å². The van der Waals surface area contributed by atoms with E-state index < -0.39 is 12.1 Å². The van der Waals surface area contributed by atoms with Crippen molar-refractivity contribution in [3.8, 4) is 12.1 Å². The Hall–Kier alpha value is -2.79. The fourth-order valence-electron chi connectivity index (χ4n) is 1.42. The fourth-order valence-corrected chi connectivity index (χ4v) is 1.42. The topological polar surface area (TPSA) is 77.1 Å². The first-order valence-electron chi connectivity index (χ1n) is 5.97. The van der Waals surface area contributed by atoms with E-state index in [9.17, 15) is 4.79 Å². The largest absolute Gasteiger partial charge is 0.443 e. The Morgan fingerprint density at radius 2 is 1.90 bits per heavy atom. The normalized spacial score (nSPS) is 11.9. The van der Waals surface area contributed by atoms with Gasteiger partial charge in [0.25, 0.3) is 0 Å². The molecule has 5 heteroatoms. The summed E-state index contributed by atoms with van der Waals surface area (Å²) in [6.45, 7) is 1.44. The van der Waals surface area contributed by atoms with Gasteiger partial charge >= 0.3 is 5.97 Å². The Balaban J connectivity index is 2.92. The van der Waals surface area contributed by atoms with E-state index in [-0.39, 0.29) is 5.57 Å². The average Bonchev–Trinajstić information content (AvgIpc) is 2.44. The predicted molar refractivity (Wildman–Crippen MR) is 75.5 cm³/mol. The highest BCUT2D eigenvalue weighted by molar-refractivity contribution is 5.98. The highest BCUT2D eigenvalue weighted by Gasteiger charge is 2.14. The maximum atomic E-state index is 11.7. The van der Waals surface area contributed by atoms with Crippen molar-refractivity contribution in [3.63, 3.8) is 0 Å². The molecule has 0 radical (unpaired) electrons. The predicted octanol–water partition coefficient (Wildman–Crippen LogP) is 2.11. The second-order valence-corrected chi connectivity index (χ2v) is 4.33. The minimum absolute atomic E-state index is 0.135. The van der Waals surface area contributed by atoms with Gasteiger partial charge in [-0.25, -0.2) is 4.79 Å². The molecule has 0 spiro atoms. The van der Waals surface area contributed by atoms with Crippen molar-refractivity contribution in [1.82, 2.24) is 0 Å². The minimum Gasteiger partial charge on any atom is -0.443 e. The van der Waals surface area contributed by atoms with Crippen molar-refractivity contribution < 1.29 is 9.53 Å². The molecule has 1 aromatic rings. The van der Waals surface area contributed by atoms with Crippen LogP contribution < -0.4 is 4.90 Å². The van der Waals surface area contributed by atoms with E-state index in [0.717, 1.165) is 5.69 Å². The Morgan fingerprint density at radius 3 is 2.35 bits per heavy atom. The number of rotatable bonds is 4. The highest BCUT2D eigenvalue weighted by atomic mass is 16.5. The standard InChI is InChI=1S/C15H15N3O2/c1-11(9-16)20-15(19)13(10-17)8-12-4-6-14(7-5-12)18(2)3/h4-8,11H,1-3H3/b13-8+/t11-/m0/s1. The number of hydrogen-bond donors (Lipinski definition) is 0. The molecule has 0 saturated carbocycles. The molecular weight excluding hydrogens is 254 g/mol. The van der Waals surface area contributed by atoms with E-state index >= 15 is 0 Å². The van der Waals surface area contributed by atoms with Crippen molar-refractivity contribution in [2.75, 3.05) is 19.0 Å². The summed E-state index contributed by atoms with van der Waals surface area (Å²) in [5.74, 6) is -0.793. The molecule has 0 amide bonds. The number of benzene rings is 1. The summed E-state index contributed by atoms with van der Waals surface area (Å²) < 4.78 is 4.79. The zero-order chi connectivity index (χ0) is 15.1. The second kappa shape index (κ2) is 6.96. The third kappa shape index (κ3) is 4.15. The summed E-state index contributed by atoms with van der Waals surface area (Å²) in [4.78, 5) is 13.6. The molecule has 0 fully saturated rings. The first-order valence-corrected chi connectivity index (χ1v) is 5.97. The van der Waals surface area contributed by atoms with Gasteiger partial charge in [0.1, 0.15) is 17.7 Å². The smallest absolute Gasteiger partial charge is 0.350 e. The molecule has 0 saturated heterocycles. The first-order chi connectivity index (χ1) is 9.47. The zero-order valence-electron chi connectivity index (χ0n) is 11.6. The number of carbonyl (C=O) groups excluding carboxylic acids is 1. The third-order valence-electron chi connectivity index (χ3n) is 2.53. The van der Waals surface area contributed by atoms with Crippen LogP contribution in [0.4, 0.5) is 5.69 Å². The molecule has 1 aromatic carbocycles.